The van der Waals surface area contributed by atoms with Crippen molar-refractivity contribution in [1.82, 2.24) is 13.8 Å². The molecule has 3 aromatic heterocycles. The van der Waals surface area contributed by atoms with Crippen LogP contribution in [-0.4, -0.2) is 13.8 Å². The maximum atomic E-state index is 5.31. The molecule has 0 spiro atoms. The first-order valence-electron chi connectivity index (χ1n) is 17.8. The SMILES string of the molecule is CC1(C)c2ccccc2-c2ccc(-c3ccc(-c4cc5c6cc7ccccc7cc6n6c5c(c4)n4c5cc7ccccc7cc5nc46)cc3)cc21. The van der Waals surface area contributed by atoms with E-state index in [1.807, 2.05) is 0 Å². The molecule has 11 aromatic rings. The lowest BCUT2D eigenvalue weighted by Crippen LogP contribution is -2.14. The minimum atomic E-state index is -0.0207. The molecule has 0 saturated carbocycles. The number of nitrogens with zero attached hydrogens (tertiary/aromatic N) is 3. The third-order valence-corrected chi connectivity index (χ3v) is 11.8. The Labute approximate surface area is 294 Å². The van der Waals surface area contributed by atoms with Gasteiger partial charge in [-0.3, -0.25) is 8.80 Å². The predicted octanol–water partition coefficient (Wildman–Crippen LogP) is 12.4. The molecule has 1 aliphatic carbocycles. The highest BCUT2D eigenvalue weighted by atomic mass is 15.2. The highest BCUT2D eigenvalue weighted by Crippen LogP contribution is 2.49. The highest BCUT2D eigenvalue weighted by Gasteiger charge is 2.35. The van der Waals surface area contributed by atoms with Crippen LogP contribution in [0.25, 0.3) is 99.1 Å². The van der Waals surface area contributed by atoms with Crippen LogP contribution >= 0.6 is 0 Å². The molecule has 3 nitrogen and oxygen atoms in total. The Balaban J connectivity index is 1.07. The zero-order valence-corrected chi connectivity index (χ0v) is 28.3. The van der Waals surface area contributed by atoms with Crippen molar-refractivity contribution in [3.05, 3.63) is 163 Å². The van der Waals surface area contributed by atoms with Gasteiger partial charge in [0, 0.05) is 16.2 Å². The van der Waals surface area contributed by atoms with Crippen LogP contribution in [0.1, 0.15) is 25.0 Å². The van der Waals surface area contributed by atoms with E-state index in [1.54, 1.807) is 0 Å². The number of rotatable bonds is 2. The van der Waals surface area contributed by atoms with E-state index in [-0.39, 0.29) is 5.41 Å². The lowest BCUT2D eigenvalue weighted by atomic mass is 9.81. The quantitative estimate of drug-likeness (QED) is 0.183. The molecule has 51 heavy (non-hydrogen) atoms. The normalized spacial score (nSPS) is 13.8. The topological polar surface area (TPSA) is 21.7 Å². The Morgan fingerprint density at radius 3 is 1.80 bits per heavy atom. The van der Waals surface area contributed by atoms with Crippen LogP contribution in [0.2, 0.25) is 0 Å². The minimum Gasteiger partial charge on any atom is -0.277 e. The highest BCUT2D eigenvalue weighted by molar-refractivity contribution is 6.20. The first kappa shape index (κ1) is 27.4. The summed E-state index contributed by atoms with van der Waals surface area (Å²) in [5, 5.41) is 7.44. The van der Waals surface area contributed by atoms with Crippen molar-refractivity contribution < 1.29 is 0 Å². The van der Waals surface area contributed by atoms with E-state index < -0.39 is 0 Å². The van der Waals surface area contributed by atoms with Crippen LogP contribution in [0.15, 0.2) is 152 Å². The van der Waals surface area contributed by atoms with Gasteiger partial charge in [0.05, 0.1) is 27.6 Å². The number of imidazole rings is 2. The van der Waals surface area contributed by atoms with Gasteiger partial charge in [-0.15, -0.1) is 0 Å². The van der Waals surface area contributed by atoms with Crippen LogP contribution in [0.5, 0.6) is 0 Å². The largest absolute Gasteiger partial charge is 0.277 e. The van der Waals surface area contributed by atoms with Gasteiger partial charge in [0.2, 0.25) is 5.78 Å². The second-order valence-corrected chi connectivity index (χ2v) is 14.9. The molecule has 0 amide bonds. The molecule has 0 atom stereocenters. The van der Waals surface area contributed by atoms with Gasteiger partial charge in [-0.2, -0.15) is 0 Å². The predicted molar refractivity (Wildman–Crippen MR) is 213 cm³/mol. The molecule has 1 aliphatic rings. The van der Waals surface area contributed by atoms with Crippen molar-refractivity contribution in [3.8, 4) is 33.4 Å². The smallest absolute Gasteiger partial charge is 0.220 e. The van der Waals surface area contributed by atoms with Gasteiger partial charge >= 0.3 is 0 Å². The van der Waals surface area contributed by atoms with E-state index in [0.29, 0.717) is 0 Å². The van der Waals surface area contributed by atoms with Crippen molar-refractivity contribution in [3.63, 3.8) is 0 Å². The Morgan fingerprint density at radius 1 is 0.431 bits per heavy atom. The fourth-order valence-electron chi connectivity index (χ4n) is 9.23. The van der Waals surface area contributed by atoms with Gasteiger partial charge in [-0.25, -0.2) is 4.98 Å². The average Bonchev–Trinajstić information content (AvgIpc) is 3.86. The van der Waals surface area contributed by atoms with Crippen LogP contribution in [0.4, 0.5) is 0 Å². The molecular formula is C48H31N3. The molecule has 3 heteroatoms. The summed E-state index contributed by atoms with van der Waals surface area (Å²) in [6.07, 6.45) is 0. The van der Waals surface area contributed by atoms with Crippen LogP contribution in [-0.2, 0) is 5.41 Å². The molecule has 3 heterocycles. The fraction of sp³-hybridized carbons (Fsp3) is 0.0625. The van der Waals surface area contributed by atoms with E-state index in [4.69, 9.17) is 4.98 Å². The number of hydrogen-bond donors (Lipinski definition) is 0. The summed E-state index contributed by atoms with van der Waals surface area (Å²) in [6, 6.07) is 56.3. The molecule has 12 rings (SSSR count). The zero-order valence-electron chi connectivity index (χ0n) is 28.3. The number of aromatic nitrogens is 3. The molecule has 8 aromatic carbocycles. The Kier molecular flexibility index (Phi) is 5.05. The summed E-state index contributed by atoms with van der Waals surface area (Å²) in [5.74, 6) is 0.958. The van der Waals surface area contributed by atoms with E-state index >= 15 is 0 Å². The Hall–Kier alpha value is -6.45. The van der Waals surface area contributed by atoms with Gasteiger partial charge in [-0.05, 0) is 109 Å². The molecule has 0 N–H and O–H groups in total. The third kappa shape index (κ3) is 3.55. The summed E-state index contributed by atoms with van der Waals surface area (Å²) in [6.45, 7) is 4.70. The third-order valence-electron chi connectivity index (χ3n) is 11.8. The molecule has 0 unspecified atom stereocenters. The fourth-order valence-corrected chi connectivity index (χ4v) is 9.23. The van der Waals surface area contributed by atoms with Crippen molar-refractivity contribution in [2.24, 2.45) is 0 Å². The maximum Gasteiger partial charge on any atom is 0.220 e. The van der Waals surface area contributed by atoms with Crippen molar-refractivity contribution >= 4 is 65.7 Å². The maximum absolute atomic E-state index is 5.31. The monoisotopic (exact) mass is 649 g/mol. The average molecular weight is 650 g/mol. The van der Waals surface area contributed by atoms with Gasteiger partial charge in [0.1, 0.15) is 0 Å². The summed E-state index contributed by atoms with van der Waals surface area (Å²) in [7, 11) is 0. The van der Waals surface area contributed by atoms with Gasteiger partial charge in [0.15, 0.2) is 0 Å². The first-order valence-corrected chi connectivity index (χ1v) is 17.8. The molecule has 0 bridgehead atoms. The standard InChI is InChI=1S/C48H31N3/c1-48(2)40-14-8-7-13-36(40)37-20-19-34(23-41(37)48)28-15-17-29(18-16-28)35-22-39-38-21-30-9-3-5-11-32(30)25-43(38)51-46(39)45(27-35)50-44-26-33-12-6-4-10-31(33)24-42(44)49-47(50)51/h3-27H,1-2H3. The minimum absolute atomic E-state index is 0.0207. The number of fused-ring (bicyclic) bond motifs is 13. The van der Waals surface area contributed by atoms with E-state index in [0.717, 1.165) is 16.8 Å². The lowest BCUT2D eigenvalue weighted by molar-refractivity contribution is 0.660. The van der Waals surface area contributed by atoms with E-state index in [1.165, 1.54) is 93.4 Å². The van der Waals surface area contributed by atoms with Crippen molar-refractivity contribution in [1.29, 1.82) is 0 Å². The molecule has 0 saturated heterocycles. The molecule has 0 aliphatic heterocycles. The zero-order chi connectivity index (χ0) is 33.6. The Morgan fingerprint density at radius 2 is 1.04 bits per heavy atom. The summed E-state index contributed by atoms with van der Waals surface area (Å²) in [5.41, 5.74) is 16.2. The summed E-state index contributed by atoms with van der Waals surface area (Å²) >= 11 is 0. The second kappa shape index (κ2) is 9.41. The number of benzene rings is 8. The van der Waals surface area contributed by atoms with Gasteiger partial charge in [-0.1, -0.05) is 123 Å². The van der Waals surface area contributed by atoms with E-state index in [2.05, 4.69) is 174 Å². The van der Waals surface area contributed by atoms with Gasteiger partial charge in [0.25, 0.3) is 0 Å². The lowest BCUT2D eigenvalue weighted by Gasteiger charge is -2.22. The first-order chi connectivity index (χ1) is 25.0. The second-order valence-electron chi connectivity index (χ2n) is 14.9. The molecule has 0 radical (unpaired) electrons. The summed E-state index contributed by atoms with van der Waals surface area (Å²) in [4.78, 5) is 5.31. The molecular weight excluding hydrogens is 619 g/mol. The number of hydrogen-bond acceptors (Lipinski definition) is 1. The van der Waals surface area contributed by atoms with Crippen molar-refractivity contribution in [2.75, 3.05) is 0 Å². The van der Waals surface area contributed by atoms with Crippen molar-refractivity contribution in [2.45, 2.75) is 19.3 Å². The van der Waals surface area contributed by atoms with Crippen LogP contribution in [0, 0.1) is 0 Å². The Bertz CT molecular complexity index is 3260. The van der Waals surface area contributed by atoms with Gasteiger partial charge < -0.3 is 0 Å². The summed E-state index contributed by atoms with van der Waals surface area (Å²) < 4.78 is 4.76. The molecule has 0 fully saturated rings. The molecule has 238 valence electrons. The van der Waals surface area contributed by atoms with E-state index in [9.17, 15) is 0 Å². The van der Waals surface area contributed by atoms with Crippen LogP contribution in [0.3, 0.4) is 0 Å². The van der Waals surface area contributed by atoms with Crippen LogP contribution < -0.4 is 0 Å².